The van der Waals surface area contributed by atoms with Crippen LogP contribution >= 0.6 is 0 Å². The second kappa shape index (κ2) is 4.46. The van der Waals surface area contributed by atoms with Gasteiger partial charge in [-0.1, -0.05) is 48.5 Å². The summed E-state index contributed by atoms with van der Waals surface area (Å²) in [5, 5.41) is 0. The third-order valence-electron chi connectivity index (χ3n) is 5.29. The Morgan fingerprint density at radius 3 is 1.85 bits per heavy atom. The van der Waals surface area contributed by atoms with Crippen LogP contribution in [-0.2, 0) is 11.8 Å². The maximum Gasteiger partial charge on any atom is 0.0232 e. The van der Waals surface area contributed by atoms with Crippen LogP contribution in [0.15, 0.2) is 48.5 Å². The first kappa shape index (κ1) is 12.2. The molecule has 1 aliphatic carbocycles. The highest BCUT2D eigenvalue weighted by atomic mass is 15.1. The Hall–Kier alpha value is -1.60. The van der Waals surface area contributed by atoms with E-state index in [1.54, 1.807) is 11.1 Å². The summed E-state index contributed by atoms with van der Waals surface area (Å²) < 4.78 is 0. The van der Waals surface area contributed by atoms with Gasteiger partial charge in [0.1, 0.15) is 0 Å². The number of hydrogen-bond acceptors (Lipinski definition) is 1. The Kier molecular flexibility index (Phi) is 2.71. The zero-order valence-corrected chi connectivity index (χ0v) is 12.1. The fourth-order valence-electron chi connectivity index (χ4n) is 4.17. The Morgan fingerprint density at radius 2 is 1.30 bits per heavy atom. The molecule has 0 bridgehead atoms. The molecule has 0 aromatic heterocycles. The zero-order chi connectivity index (χ0) is 13.6. The van der Waals surface area contributed by atoms with E-state index in [0.717, 1.165) is 6.42 Å². The van der Waals surface area contributed by atoms with Crippen molar-refractivity contribution in [2.24, 2.45) is 0 Å². The molecule has 0 radical (unpaired) electrons. The van der Waals surface area contributed by atoms with E-state index in [9.17, 15) is 0 Å². The van der Waals surface area contributed by atoms with Gasteiger partial charge in [-0.3, -0.25) is 0 Å². The smallest absolute Gasteiger partial charge is 0.0232 e. The van der Waals surface area contributed by atoms with Gasteiger partial charge >= 0.3 is 0 Å². The third-order valence-corrected chi connectivity index (χ3v) is 5.29. The molecule has 2 aliphatic rings. The minimum atomic E-state index is 0.262. The summed E-state index contributed by atoms with van der Waals surface area (Å²) in [6, 6.07) is 18.2. The Morgan fingerprint density at radius 1 is 0.800 bits per heavy atom. The number of rotatable bonds is 0. The summed E-state index contributed by atoms with van der Waals surface area (Å²) in [5.41, 5.74) is 6.52. The van der Waals surface area contributed by atoms with Crippen molar-refractivity contribution in [1.29, 1.82) is 0 Å². The van der Waals surface area contributed by atoms with Gasteiger partial charge in [-0.25, -0.2) is 0 Å². The highest BCUT2D eigenvalue weighted by molar-refractivity contribution is 5.53. The van der Waals surface area contributed by atoms with Crippen molar-refractivity contribution >= 4 is 0 Å². The monoisotopic (exact) mass is 263 g/mol. The van der Waals surface area contributed by atoms with E-state index in [2.05, 4.69) is 60.5 Å². The van der Waals surface area contributed by atoms with Gasteiger partial charge in [-0.05, 0) is 61.7 Å². The molecule has 1 nitrogen and oxygen atoms in total. The lowest BCUT2D eigenvalue weighted by Crippen LogP contribution is -2.44. The van der Waals surface area contributed by atoms with Crippen molar-refractivity contribution in [3.63, 3.8) is 0 Å². The lowest BCUT2D eigenvalue weighted by atomic mass is 9.62. The van der Waals surface area contributed by atoms with Crippen LogP contribution in [0.25, 0.3) is 0 Å². The second-order valence-electron chi connectivity index (χ2n) is 6.38. The number of hydrogen-bond donors (Lipinski definition) is 0. The van der Waals surface area contributed by atoms with Crippen LogP contribution in [0.4, 0.5) is 0 Å². The molecule has 0 N–H and O–H groups in total. The van der Waals surface area contributed by atoms with Crippen LogP contribution < -0.4 is 0 Å². The molecule has 1 heterocycles. The van der Waals surface area contributed by atoms with Crippen LogP contribution in [-0.4, -0.2) is 25.0 Å². The summed E-state index contributed by atoms with van der Waals surface area (Å²) >= 11 is 0. The molecule has 2 aromatic carbocycles. The standard InChI is InChI=1S/C19H21N/c1-20-12-10-19(11-13-20)17-8-4-2-6-15(17)14-16-7-3-5-9-18(16)19/h2-9H,10-14H2,1H3. The predicted molar refractivity (Wildman–Crippen MR) is 83.2 cm³/mol. The number of likely N-dealkylation sites (tertiary alicyclic amines) is 1. The highest BCUT2D eigenvalue weighted by Gasteiger charge is 2.41. The molecule has 1 spiro atoms. The molecule has 1 saturated heterocycles. The summed E-state index contributed by atoms with van der Waals surface area (Å²) in [5.74, 6) is 0. The maximum atomic E-state index is 2.46. The van der Waals surface area contributed by atoms with Crippen molar-refractivity contribution in [2.75, 3.05) is 20.1 Å². The summed E-state index contributed by atoms with van der Waals surface area (Å²) in [6.07, 6.45) is 3.60. The molecule has 0 saturated carbocycles. The fourth-order valence-corrected chi connectivity index (χ4v) is 4.17. The normalized spacial score (nSPS) is 20.4. The van der Waals surface area contributed by atoms with Gasteiger partial charge < -0.3 is 4.90 Å². The minimum absolute atomic E-state index is 0.262. The first-order valence-corrected chi connectivity index (χ1v) is 7.65. The largest absolute Gasteiger partial charge is 0.306 e. The van der Waals surface area contributed by atoms with Gasteiger partial charge in [0.25, 0.3) is 0 Å². The predicted octanol–water partition coefficient (Wildman–Crippen LogP) is 3.60. The molecule has 20 heavy (non-hydrogen) atoms. The number of nitrogens with zero attached hydrogens (tertiary/aromatic N) is 1. The summed E-state index contributed by atoms with van der Waals surface area (Å²) in [4.78, 5) is 2.46. The van der Waals surface area contributed by atoms with Crippen LogP contribution in [0.5, 0.6) is 0 Å². The van der Waals surface area contributed by atoms with Crippen LogP contribution in [0.1, 0.15) is 35.1 Å². The SMILES string of the molecule is CN1CCC2(CC1)c1ccccc1Cc1ccccc12. The molecule has 0 amide bonds. The highest BCUT2D eigenvalue weighted by Crippen LogP contribution is 2.47. The number of piperidine rings is 1. The quantitative estimate of drug-likeness (QED) is 0.702. The van der Waals surface area contributed by atoms with Gasteiger partial charge in [0.15, 0.2) is 0 Å². The lowest BCUT2D eigenvalue weighted by molar-refractivity contribution is 0.210. The minimum Gasteiger partial charge on any atom is -0.306 e. The summed E-state index contributed by atoms with van der Waals surface area (Å²) in [7, 11) is 2.24. The van der Waals surface area contributed by atoms with Crippen molar-refractivity contribution < 1.29 is 0 Å². The molecular formula is C19H21N. The molecule has 102 valence electrons. The van der Waals surface area contributed by atoms with E-state index in [1.165, 1.54) is 37.1 Å². The van der Waals surface area contributed by atoms with Crippen LogP contribution in [0.3, 0.4) is 0 Å². The molecule has 1 fully saturated rings. The lowest BCUT2D eigenvalue weighted by Gasteiger charge is -2.46. The van der Waals surface area contributed by atoms with E-state index < -0.39 is 0 Å². The first-order chi connectivity index (χ1) is 9.79. The summed E-state index contributed by atoms with van der Waals surface area (Å²) in [6.45, 7) is 2.39. The maximum absolute atomic E-state index is 2.46. The third kappa shape index (κ3) is 1.66. The van der Waals surface area contributed by atoms with Gasteiger partial charge in [0, 0.05) is 5.41 Å². The van der Waals surface area contributed by atoms with Gasteiger partial charge in [0.2, 0.25) is 0 Å². The average Bonchev–Trinajstić information content (AvgIpc) is 2.50. The van der Waals surface area contributed by atoms with Gasteiger partial charge in [0.05, 0.1) is 0 Å². The number of benzene rings is 2. The topological polar surface area (TPSA) is 3.24 Å². The Labute approximate surface area is 121 Å². The average molecular weight is 263 g/mol. The molecule has 4 rings (SSSR count). The first-order valence-electron chi connectivity index (χ1n) is 7.65. The molecule has 1 aliphatic heterocycles. The van der Waals surface area contributed by atoms with Crippen molar-refractivity contribution in [3.8, 4) is 0 Å². The van der Waals surface area contributed by atoms with Crippen LogP contribution in [0.2, 0.25) is 0 Å². The van der Waals surface area contributed by atoms with E-state index in [1.807, 2.05) is 0 Å². The number of fused-ring (bicyclic) bond motifs is 4. The van der Waals surface area contributed by atoms with E-state index in [-0.39, 0.29) is 5.41 Å². The zero-order valence-electron chi connectivity index (χ0n) is 12.1. The van der Waals surface area contributed by atoms with E-state index in [4.69, 9.17) is 0 Å². The Balaban J connectivity index is 1.93. The molecule has 2 aromatic rings. The fraction of sp³-hybridized carbons (Fsp3) is 0.368. The molecule has 0 unspecified atom stereocenters. The molecule has 0 atom stereocenters. The van der Waals surface area contributed by atoms with E-state index in [0.29, 0.717) is 0 Å². The van der Waals surface area contributed by atoms with Crippen molar-refractivity contribution in [2.45, 2.75) is 24.7 Å². The second-order valence-corrected chi connectivity index (χ2v) is 6.38. The van der Waals surface area contributed by atoms with Gasteiger partial charge in [-0.2, -0.15) is 0 Å². The molecule has 1 heteroatoms. The van der Waals surface area contributed by atoms with Crippen LogP contribution in [0, 0.1) is 0 Å². The van der Waals surface area contributed by atoms with Crippen molar-refractivity contribution in [1.82, 2.24) is 4.90 Å². The van der Waals surface area contributed by atoms with Crippen molar-refractivity contribution in [3.05, 3.63) is 70.8 Å². The van der Waals surface area contributed by atoms with Gasteiger partial charge in [-0.15, -0.1) is 0 Å². The molecular weight excluding hydrogens is 242 g/mol. The van der Waals surface area contributed by atoms with E-state index >= 15 is 0 Å². The Bertz CT molecular complexity index is 588.